The van der Waals surface area contributed by atoms with E-state index in [0.717, 1.165) is 5.56 Å². The summed E-state index contributed by atoms with van der Waals surface area (Å²) in [6, 6.07) is 8.89. The average Bonchev–Trinajstić information content (AvgIpc) is 2.58. The zero-order chi connectivity index (χ0) is 19.5. The number of hydrogen-bond acceptors (Lipinski definition) is 3. The largest absolute Gasteiger partial charge is 0.319 e. The molecule has 0 spiro atoms. The van der Waals surface area contributed by atoms with Crippen LogP contribution in [0.2, 0.25) is 0 Å². The molecule has 1 amide bonds. The fourth-order valence-electron chi connectivity index (χ4n) is 2.63. The van der Waals surface area contributed by atoms with E-state index in [9.17, 15) is 17.6 Å². The van der Waals surface area contributed by atoms with Crippen molar-refractivity contribution in [2.24, 2.45) is 0 Å². The summed E-state index contributed by atoms with van der Waals surface area (Å²) in [4.78, 5) is 12.6. The van der Waals surface area contributed by atoms with Crippen LogP contribution in [0, 0.1) is 19.7 Å². The van der Waals surface area contributed by atoms with E-state index in [1.54, 1.807) is 39.8 Å². The molecule has 0 saturated carbocycles. The fourth-order valence-corrected chi connectivity index (χ4v) is 4.11. The minimum absolute atomic E-state index is 0.0429. The second-order valence-electron chi connectivity index (χ2n) is 6.00. The first kappa shape index (κ1) is 20.1. The summed E-state index contributed by atoms with van der Waals surface area (Å²) in [5.74, 6) is -1.09. The first-order valence-corrected chi connectivity index (χ1v) is 9.83. The molecule has 0 fully saturated rings. The van der Waals surface area contributed by atoms with Crippen molar-refractivity contribution in [3.8, 4) is 0 Å². The van der Waals surface area contributed by atoms with Crippen LogP contribution in [0.15, 0.2) is 41.3 Å². The lowest BCUT2D eigenvalue weighted by atomic mass is 10.1. The van der Waals surface area contributed by atoms with Gasteiger partial charge in [0.25, 0.3) is 5.91 Å². The third-order valence-corrected chi connectivity index (χ3v) is 6.22. The van der Waals surface area contributed by atoms with Gasteiger partial charge in [-0.25, -0.2) is 12.8 Å². The predicted octanol–water partition coefficient (Wildman–Crippen LogP) is 3.73. The summed E-state index contributed by atoms with van der Waals surface area (Å²) in [6.07, 6.45) is 0. The topological polar surface area (TPSA) is 66.5 Å². The smallest absolute Gasteiger partial charge is 0.256 e. The van der Waals surface area contributed by atoms with E-state index in [1.165, 1.54) is 28.6 Å². The quantitative estimate of drug-likeness (QED) is 0.833. The Bertz CT molecular complexity index is 922. The number of benzene rings is 2. The molecule has 2 rings (SSSR count). The summed E-state index contributed by atoms with van der Waals surface area (Å²) in [5.41, 5.74) is 1.59. The lowest BCUT2D eigenvalue weighted by Gasteiger charge is -2.19. The van der Waals surface area contributed by atoms with Gasteiger partial charge in [-0.1, -0.05) is 26.0 Å². The molecule has 0 bridgehead atoms. The van der Waals surface area contributed by atoms with Gasteiger partial charge in [0.2, 0.25) is 10.0 Å². The molecule has 0 atom stereocenters. The first-order chi connectivity index (χ1) is 12.2. The van der Waals surface area contributed by atoms with Crippen molar-refractivity contribution in [1.29, 1.82) is 0 Å². The summed E-state index contributed by atoms with van der Waals surface area (Å²) in [5, 5.41) is 2.51. The highest BCUT2D eigenvalue weighted by Crippen LogP contribution is 2.22. The minimum Gasteiger partial charge on any atom is -0.319 e. The predicted molar refractivity (Wildman–Crippen MR) is 100 cm³/mol. The minimum atomic E-state index is -3.68. The van der Waals surface area contributed by atoms with Crippen molar-refractivity contribution in [3.05, 3.63) is 58.9 Å². The molecule has 0 aliphatic heterocycles. The zero-order valence-electron chi connectivity index (χ0n) is 15.3. The lowest BCUT2D eigenvalue weighted by Crippen LogP contribution is -2.30. The lowest BCUT2D eigenvalue weighted by molar-refractivity contribution is 0.102. The number of amides is 1. The summed E-state index contributed by atoms with van der Waals surface area (Å²) in [6.45, 7) is 7.63. The zero-order valence-corrected chi connectivity index (χ0v) is 16.2. The Morgan fingerprint density at radius 3 is 2.31 bits per heavy atom. The highest BCUT2D eigenvalue weighted by molar-refractivity contribution is 7.89. The molecule has 5 nitrogen and oxygen atoms in total. The maximum absolute atomic E-state index is 14.0. The van der Waals surface area contributed by atoms with Crippen molar-refractivity contribution in [2.75, 3.05) is 18.4 Å². The molecule has 26 heavy (non-hydrogen) atoms. The third kappa shape index (κ3) is 4.11. The van der Waals surface area contributed by atoms with Gasteiger partial charge >= 0.3 is 0 Å². The van der Waals surface area contributed by atoms with E-state index in [-0.39, 0.29) is 16.1 Å². The second-order valence-corrected chi connectivity index (χ2v) is 7.94. The maximum atomic E-state index is 14.0. The normalized spacial score (nSPS) is 11.6. The van der Waals surface area contributed by atoms with E-state index in [2.05, 4.69) is 5.32 Å². The maximum Gasteiger partial charge on any atom is 0.256 e. The molecular weight excluding hydrogens is 355 g/mol. The molecule has 7 heteroatoms. The van der Waals surface area contributed by atoms with Crippen molar-refractivity contribution < 1.29 is 17.6 Å². The number of nitrogens with zero attached hydrogens (tertiary/aromatic N) is 1. The summed E-state index contributed by atoms with van der Waals surface area (Å²) in [7, 11) is -3.68. The second kappa shape index (κ2) is 7.97. The van der Waals surface area contributed by atoms with Crippen LogP contribution in [-0.4, -0.2) is 31.7 Å². The molecule has 0 heterocycles. The molecule has 2 aromatic rings. The fraction of sp³-hybridized carbons (Fsp3) is 0.316. The van der Waals surface area contributed by atoms with Gasteiger partial charge in [0.05, 0.1) is 10.6 Å². The van der Waals surface area contributed by atoms with Crippen molar-refractivity contribution in [3.63, 3.8) is 0 Å². The number of aryl methyl sites for hydroxylation is 2. The number of nitrogens with one attached hydrogen (secondary N) is 1. The molecule has 140 valence electrons. The van der Waals surface area contributed by atoms with Crippen LogP contribution in [0.3, 0.4) is 0 Å². The molecule has 0 unspecified atom stereocenters. The standard InChI is InChI=1S/C19H23FN2O3S/c1-5-22(6-2)26(24,25)15-9-8-14(4)16(12-15)19(23)21-18-10-7-13(3)11-17(18)20/h7-12H,5-6H2,1-4H3,(H,21,23). The highest BCUT2D eigenvalue weighted by Gasteiger charge is 2.23. The van der Waals surface area contributed by atoms with E-state index in [4.69, 9.17) is 0 Å². The molecule has 0 aliphatic carbocycles. The van der Waals surface area contributed by atoms with Gasteiger partial charge in [-0.05, 0) is 49.2 Å². The number of sulfonamides is 1. The van der Waals surface area contributed by atoms with Gasteiger partial charge in [-0.3, -0.25) is 4.79 Å². The monoisotopic (exact) mass is 378 g/mol. The number of halogens is 1. The van der Waals surface area contributed by atoms with Gasteiger partial charge in [0, 0.05) is 18.7 Å². The molecule has 0 aliphatic rings. The molecule has 0 radical (unpaired) electrons. The molecule has 0 aromatic heterocycles. The van der Waals surface area contributed by atoms with Gasteiger partial charge in [0.1, 0.15) is 5.82 Å². The number of anilines is 1. The van der Waals surface area contributed by atoms with Crippen LogP contribution in [0.25, 0.3) is 0 Å². The average molecular weight is 378 g/mol. The Balaban J connectivity index is 2.39. The Labute approximate surface area is 153 Å². The van der Waals surface area contributed by atoms with Crippen LogP contribution in [0.5, 0.6) is 0 Å². The van der Waals surface area contributed by atoms with Gasteiger partial charge in [0.15, 0.2) is 0 Å². The van der Waals surface area contributed by atoms with Crippen molar-refractivity contribution in [2.45, 2.75) is 32.6 Å². The Hall–Kier alpha value is -2.25. The van der Waals surface area contributed by atoms with Crippen LogP contribution in [0.1, 0.15) is 35.3 Å². The van der Waals surface area contributed by atoms with Crippen molar-refractivity contribution in [1.82, 2.24) is 4.31 Å². The Kier molecular flexibility index (Phi) is 6.15. The van der Waals surface area contributed by atoms with Gasteiger partial charge in [-0.15, -0.1) is 0 Å². The molecule has 2 aromatic carbocycles. The van der Waals surface area contributed by atoms with E-state index >= 15 is 0 Å². The van der Waals surface area contributed by atoms with E-state index in [1.807, 2.05) is 0 Å². The number of carbonyl (C=O) groups is 1. The Morgan fingerprint density at radius 1 is 1.08 bits per heavy atom. The number of rotatable bonds is 6. The summed E-state index contributed by atoms with van der Waals surface area (Å²) < 4.78 is 40.6. The molecular formula is C19H23FN2O3S. The molecule has 0 saturated heterocycles. The Morgan fingerprint density at radius 2 is 1.73 bits per heavy atom. The van der Waals surface area contributed by atoms with Gasteiger partial charge < -0.3 is 5.32 Å². The molecule has 1 N–H and O–H groups in total. The highest BCUT2D eigenvalue weighted by atomic mass is 32.2. The number of hydrogen-bond donors (Lipinski definition) is 1. The van der Waals surface area contributed by atoms with Crippen LogP contribution < -0.4 is 5.32 Å². The van der Waals surface area contributed by atoms with Crippen molar-refractivity contribution >= 4 is 21.6 Å². The SMILES string of the molecule is CCN(CC)S(=O)(=O)c1ccc(C)c(C(=O)Nc2ccc(C)cc2F)c1. The third-order valence-electron chi connectivity index (χ3n) is 4.17. The van der Waals surface area contributed by atoms with Crippen LogP contribution in [0.4, 0.5) is 10.1 Å². The van der Waals surface area contributed by atoms with Crippen LogP contribution >= 0.6 is 0 Å². The van der Waals surface area contributed by atoms with Crippen LogP contribution in [-0.2, 0) is 10.0 Å². The van der Waals surface area contributed by atoms with E-state index in [0.29, 0.717) is 18.7 Å². The van der Waals surface area contributed by atoms with Gasteiger partial charge in [-0.2, -0.15) is 4.31 Å². The number of carbonyl (C=O) groups excluding carboxylic acids is 1. The van der Waals surface area contributed by atoms with E-state index < -0.39 is 21.7 Å². The summed E-state index contributed by atoms with van der Waals surface area (Å²) >= 11 is 0. The first-order valence-electron chi connectivity index (χ1n) is 8.39.